The number of hydrogen-bond donors (Lipinski definition) is 7. The molecule has 0 unspecified atom stereocenters. The number of benzene rings is 5. The van der Waals surface area contributed by atoms with Gasteiger partial charge in [-0.05, 0) is 116 Å². The Morgan fingerprint density at radius 2 is 1.04 bits per heavy atom. The number of nitrogens with one attached hydrogen (secondary N) is 7. The van der Waals surface area contributed by atoms with Crippen molar-refractivity contribution in [2.45, 2.75) is 13.3 Å². The third-order valence-corrected chi connectivity index (χ3v) is 7.54. The van der Waals surface area contributed by atoms with E-state index in [2.05, 4.69) is 37.2 Å². The Labute approximate surface area is 310 Å². The van der Waals surface area contributed by atoms with E-state index < -0.39 is 24.2 Å². The van der Waals surface area contributed by atoms with Crippen molar-refractivity contribution in [1.82, 2.24) is 5.32 Å². The summed E-state index contributed by atoms with van der Waals surface area (Å²) in [4.78, 5) is 62.4. The van der Waals surface area contributed by atoms with Crippen LogP contribution < -0.4 is 37.2 Å². The minimum atomic E-state index is -0.676. The number of amides is 7. The van der Waals surface area contributed by atoms with Gasteiger partial charge in [-0.25, -0.2) is 19.2 Å². The first-order valence-electron chi connectivity index (χ1n) is 16.7. The van der Waals surface area contributed by atoms with Crippen molar-refractivity contribution in [2.24, 2.45) is 0 Å². The highest BCUT2D eigenvalue weighted by Crippen LogP contribution is 2.19. The molecule has 0 aliphatic heterocycles. The summed E-state index contributed by atoms with van der Waals surface area (Å²) >= 11 is 0. The van der Waals surface area contributed by atoms with Crippen molar-refractivity contribution >= 4 is 64.1 Å². The van der Waals surface area contributed by atoms with E-state index in [1.165, 1.54) is 6.07 Å². The summed E-state index contributed by atoms with van der Waals surface area (Å²) in [6, 6.07) is 33.9. The molecule has 14 heteroatoms. The molecule has 0 aromatic heterocycles. The van der Waals surface area contributed by atoms with Crippen LogP contribution in [0.15, 0.2) is 121 Å². The number of hydrogen-bond acceptors (Lipinski definition) is 7. The molecule has 0 aliphatic rings. The van der Waals surface area contributed by atoms with Crippen LogP contribution in [-0.2, 0) is 4.74 Å². The maximum atomic E-state index is 13.1. The van der Waals surface area contributed by atoms with Gasteiger partial charge in [-0.3, -0.25) is 10.1 Å². The number of urea groups is 3. The van der Waals surface area contributed by atoms with E-state index in [0.717, 1.165) is 5.56 Å². The molecule has 0 radical (unpaired) electrons. The van der Waals surface area contributed by atoms with Gasteiger partial charge in [0.2, 0.25) is 0 Å². The fourth-order valence-corrected chi connectivity index (χ4v) is 5.00. The van der Waals surface area contributed by atoms with Gasteiger partial charge in [0.05, 0.1) is 18.2 Å². The molecule has 0 bridgehead atoms. The molecule has 54 heavy (non-hydrogen) atoms. The van der Waals surface area contributed by atoms with E-state index in [0.29, 0.717) is 57.2 Å². The Bertz CT molecular complexity index is 2180. The standard InChI is InChI=1S/C40H36N8O6/c1-26-6-2-8-32(22-26)46-38(51)43-30-16-12-28(13-17-30)36(49)29-14-18-31(19-15-29)44-39(52)47-35-11-4-10-34(24-35)45-37(50)42-20-5-21-54-40(53)48-33-9-3-7-27(23-33)25-41/h2-4,6-19,22-24H,5,20-21H2,1H3,(H,48,53)(H2,42,45,50)(H2,43,46,51)(H2,44,47,52). The lowest BCUT2D eigenvalue weighted by Gasteiger charge is -2.11. The third-order valence-electron chi connectivity index (χ3n) is 7.54. The molecule has 14 nitrogen and oxygen atoms in total. The van der Waals surface area contributed by atoms with Crippen molar-refractivity contribution in [3.63, 3.8) is 0 Å². The van der Waals surface area contributed by atoms with Crippen LogP contribution in [0.1, 0.15) is 33.5 Å². The fraction of sp³-hybridized carbons (Fsp3) is 0.100. The molecule has 5 rings (SSSR count). The molecule has 0 saturated carbocycles. The minimum absolute atomic E-state index is 0.0572. The zero-order valence-corrected chi connectivity index (χ0v) is 29.1. The van der Waals surface area contributed by atoms with Crippen LogP contribution in [-0.4, -0.2) is 43.1 Å². The van der Waals surface area contributed by atoms with Crippen LogP contribution in [0, 0.1) is 18.3 Å². The average molecular weight is 725 g/mol. The van der Waals surface area contributed by atoms with Gasteiger partial charge in [0.1, 0.15) is 0 Å². The van der Waals surface area contributed by atoms with E-state index in [4.69, 9.17) is 10.00 Å². The van der Waals surface area contributed by atoms with Gasteiger partial charge < -0.3 is 36.6 Å². The van der Waals surface area contributed by atoms with Gasteiger partial charge in [-0.15, -0.1) is 0 Å². The van der Waals surface area contributed by atoms with E-state index in [9.17, 15) is 24.0 Å². The SMILES string of the molecule is Cc1cccc(NC(=O)Nc2ccc(C(=O)c3ccc(NC(=O)Nc4cccc(NC(=O)NCCCOC(=O)Nc5cccc(C#N)c5)c4)cc3)cc2)c1. The first-order valence-corrected chi connectivity index (χ1v) is 16.7. The Morgan fingerprint density at radius 3 is 1.59 bits per heavy atom. The zero-order chi connectivity index (χ0) is 38.3. The van der Waals surface area contributed by atoms with Gasteiger partial charge in [-0.1, -0.05) is 24.3 Å². The molecule has 5 aromatic rings. The van der Waals surface area contributed by atoms with Crippen LogP contribution in [0.4, 0.5) is 53.3 Å². The number of anilines is 6. The second-order valence-electron chi connectivity index (χ2n) is 11.8. The summed E-state index contributed by atoms with van der Waals surface area (Å²) in [5.41, 5.74) is 5.19. The van der Waals surface area contributed by atoms with E-state index >= 15 is 0 Å². The van der Waals surface area contributed by atoms with Crippen molar-refractivity contribution in [3.8, 4) is 6.07 Å². The summed E-state index contributed by atoms with van der Waals surface area (Å²) in [6.07, 6.45) is -0.317. The van der Waals surface area contributed by atoms with Crippen LogP contribution >= 0.6 is 0 Å². The predicted octanol–water partition coefficient (Wildman–Crippen LogP) is 8.15. The lowest BCUT2D eigenvalue weighted by Crippen LogP contribution is -2.30. The van der Waals surface area contributed by atoms with Crippen LogP contribution in [0.3, 0.4) is 0 Å². The summed E-state index contributed by atoms with van der Waals surface area (Å²) < 4.78 is 5.10. The number of carbonyl (C=O) groups excluding carboxylic acids is 5. The van der Waals surface area contributed by atoms with E-state index in [-0.39, 0.29) is 18.9 Å². The highest BCUT2D eigenvalue weighted by atomic mass is 16.5. The quantitative estimate of drug-likeness (QED) is 0.0497. The Kier molecular flexibility index (Phi) is 12.9. The summed E-state index contributed by atoms with van der Waals surface area (Å²) in [5.74, 6) is -0.230. The Morgan fingerprint density at radius 1 is 0.556 bits per heavy atom. The van der Waals surface area contributed by atoms with Crippen molar-refractivity contribution in [3.05, 3.63) is 144 Å². The number of rotatable bonds is 12. The third kappa shape index (κ3) is 11.7. The second kappa shape index (κ2) is 18.5. The Hall–Kier alpha value is -7.66. The number of aryl methyl sites for hydroxylation is 1. The van der Waals surface area contributed by atoms with Gasteiger partial charge in [0.15, 0.2) is 5.78 Å². The summed E-state index contributed by atoms with van der Waals surface area (Å²) in [5, 5.41) is 27.8. The molecular weight excluding hydrogens is 688 g/mol. The van der Waals surface area contributed by atoms with Gasteiger partial charge in [0, 0.05) is 51.8 Å². The van der Waals surface area contributed by atoms with Gasteiger partial charge in [-0.2, -0.15) is 5.26 Å². The maximum absolute atomic E-state index is 13.1. The van der Waals surface area contributed by atoms with Gasteiger partial charge >= 0.3 is 24.2 Å². The molecule has 0 spiro atoms. The van der Waals surface area contributed by atoms with Gasteiger partial charge in [0.25, 0.3) is 0 Å². The van der Waals surface area contributed by atoms with E-state index in [1.807, 2.05) is 31.2 Å². The normalized spacial score (nSPS) is 10.1. The molecule has 7 N–H and O–H groups in total. The monoisotopic (exact) mass is 724 g/mol. The number of ether oxygens (including phenoxy) is 1. The molecule has 0 aliphatic carbocycles. The highest BCUT2D eigenvalue weighted by molar-refractivity contribution is 6.10. The van der Waals surface area contributed by atoms with Crippen molar-refractivity contribution in [2.75, 3.05) is 45.1 Å². The predicted molar refractivity (Wildman–Crippen MR) is 207 cm³/mol. The first-order chi connectivity index (χ1) is 26.1. The van der Waals surface area contributed by atoms with Crippen LogP contribution in [0.2, 0.25) is 0 Å². The van der Waals surface area contributed by atoms with Crippen LogP contribution in [0.25, 0.3) is 0 Å². The topological polar surface area (TPSA) is 203 Å². The number of carbonyl (C=O) groups is 5. The Balaban J connectivity index is 1.01. The number of nitriles is 1. The summed E-state index contributed by atoms with van der Waals surface area (Å²) in [7, 11) is 0. The molecule has 0 saturated heterocycles. The largest absolute Gasteiger partial charge is 0.449 e. The fourth-order valence-electron chi connectivity index (χ4n) is 5.00. The number of nitrogens with zero attached hydrogens (tertiary/aromatic N) is 1. The molecule has 0 fully saturated rings. The molecule has 5 aromatic carbocycles. The van der Waals surface area contributed by atoms with Crippen molar-refractivity contribution in [1.29, 1.82) is 5.26 Å². The highest BCUT2D eigenvalue weighted by Gasteiger charge is 2.12. The van der Waals surface area contributed by atoms with Crippen LogP contribution in [0.5, 0.6) is 0 Å². The molecule has 7 amide bonds. The lowest BCUT2D eigenvalue weighted by atomic mass is 10.0. The average Bonchev–Trinajstić information content (AvgIpc) is 3.15. The summed E-state index contributed by atoms with van der Waals surface area (Å²) in [6.45, 7) is 2.22. The first kappa shape index (κ1) is 37.6. The number of ketones is 1. The zero-order valence-electron chi connectivity index (χ0n) is 29.1. The van der Waals surface area contributed by atoms with Crippen molar-refractivity contribution < 1.29 is 28.7 Å². The minimum Gasteiger partial charge on any atom is -0.449 e. The van der Waals surface area contributed by atoms with E-state index in [1.54, 1.807) is 97.1 Å². The molecule has 0 heterocycles. The molecular formula is C40H36N8O6. The smallest absolute Gasteiger partial charge is 0.411 e. The maximum Gasteiger partial charge on any atom is 0.411 e. The molecule has 272 valence electrons. The lowest BCUT2D eigenvalue weighted by molar-refractivity contribution is 0.103. The second-order valence-corrected chi connectivity index (χ2v) is 11.8. The molecule has 0 atom stereocenters.